The molecular formula is C16H16ClNO4. The van der Waals surface area contributed by atoms with E-state index >= 15 is 0 Å². The number of hydrogen-bond acceptors (Lipinski definition) is 4. The Hall–Kier alpha value is -2.53. The number of carboxylic acid groups (broad SMARTS) is 1. The lowest BCUT2D eigenvalue weighted by Gasteiger charge is -2.11. The number of methoxy groups -OCH3 is 1. The van der Waals surface area contributed by atoms with Crippen molar-refractivity contribution in [3.63, 3.8) is 0 Å². The highest BCUT2D eigenvalue weighted by Crippen LogP contribution is 2.30. The molecule has 1 aromatic rings. The molecule has 1 aromatic carbocycles. The first-order valence-corrected chi connectivity index (χ1v) is 6.65. The molecular weight excluding hydrogens is 306 g/mol. The highest BCUT2D eigenvalue weighted by Gasteiger charge is 2.05. The minimum atomic E-state index is -1.05. The van der Waals surface area contributed by atoms with Crippen LogP contribution < -0.4 is 9.47 Å². The Balaban J connectivity index is 2.86. The van der Waals surface area contributed by atoms with Crippen LogP contribution in [0, 0.1) is 0 Å². The third kappa shape index (κ3) is 6.28. The van der Waals surface area contributed by atoms with Gasteiger partial charge >= 0.3 is 5.97 Å². The summed E-state index contributed by atoms with van der Waals surface area (Å²) in [6.07, 6.45) is 6.95. The number of rotatable bonds is 8. The molecule has 0 aliphatic carbocycles. The summed E-state index contributed by atoms with van der Waals surface area (Å²) in [5, 5.41) is 9.22. The molecule has 0 saturated carbocycles. The van der Waals surface area contributed by atoms with Gasteiger partial charge in [0.25, 0.3) is 0 Å². The minimum Gasteiger partial charge on any atom is -0.493 e. The van der Waals surface area contributed by atoms with Gasteiger partial charge in [0.15, 0.2) is 11.5 Å². The molecule has 0 amide bonds. The number of halogens is 1. The summed E-state index contributed by atoms with van der Waals surface area (Å²) in [6.45, 7) is 3.60. The number of benzene rings is 1. The van der Waals surface area contributed by atoms with Crippen LogP contribution in [0.2, 0.25) is 5.02 Å². The van der Waals surface area contributed by atoms with E-state index in [0.717, 1.165) is 6.08 Å². The monoisotopic (exact) mass is 321 g/mol. The Kier molecular flexibility index (Phi) is 7.50. The standard InChI is InChI=1S/C16H16ClNO4/c1-3-18-9-8-12(4-7-16(19)20)11-22-14-6-5-13(17)10-15(14)21-2/h3-10H,1,11H2,2H3,(H,19,20)/b7-4+,12-8+,18-9+. The van der Waals surface area contributed by atoms with Crippen LogP contribution in [0.15, 0.2) is 59.8 Å². The van der Waals surface area contributed by atoms with Gasteiger partial charge in [-0.05, 0) is 29.9 Å². The maximum atomic E-state index is 10.6. The molecule has 22 heavy (non-hydrogen) atoms. The smallest absolute Gasteiger partial charge is 0.328 e. The van der Waals surface area contributed by atoms with Crippen molar-refractivity contribution < 1.29 is 19.4 Å². The van der Waals surface area contributed by atoms with Crippen LogP contribution in [0.5, 0.6) is 11.5 Å². The Morgan fingerprint density at radius 1 is 1.41 bits per heavy atom. The average molecular weight is 322 g/mol. The predicted molar refractivity (Wildman–Crippen MR) is 87.0 cm³/mol. The summed E-state index contributed by atoms with van der Waals surface area (Å²) in [7, 11) is 1.51. The van der Waals surface area contributed by atoms with Gasteiger partial charge in [0.1, 0.15) is 6.61 Å². The zero-order valence-electron chi connectivity index (χ0n) is 12.0. The quantitative estimate of drug-likeness (QED) is 0.452. The number of aliphatic carboxylic acids is 1. The lowest BCUT2D eigenvalue weighted by atomic mass is 10.2. The Morgan fingerprint density at radius 2 is 2.18 bits per heavy atom. The van der Waals surface area contributed by atoms with E-state index in [1.165, 1.54) is 25.6 Å². The lowest BCUT2D eigenvalue weighted by Crippen LogP contribution is -2.02. The van der Waals surface area contributed by atoms with Crippen LogP contribution in [0.3, 0.4) is 0 Å². The highest BCUT2D eigenvalue weighted by molar-refractivity contribution is 6.30. The number of carboxylic acids is 1. The van der Waals surface area contributed by atoms with Gasteiger partial charge in [-0.1, -0.05) is 18.2 Å². The molecule has 1 N–H and O–H groups in total. The second kappa shape index (κ2) is 9.41. The second-order valence-corrected chi connectivity index (χ2v) is 4.41. The molecule has 0 aliphatic rings. The molecule has 5 nitrogen and oxygen atoms in total. The Bertz CT molecular complexity index is 621. The first kappa shape index (κ1) is 17.5. The van der Waals surface area contributed by atoms with Gasteiger partial charge in [-0.25, -0.2) is 4.79 Å². The SMILES string of the molecule is C=C/N=C/C=C(\C=C\C(=O)O)COc1ccc(Cl)cc1OC. The number of carbonyl (C=O) groups is 1. The topological polar surface area (TPSA) is 68.1 Å². The molecule has 0 aromatic heterocycles. The van der Waals surface area contributed by atoms with E-state index in [-0.39, 0.29) is 6.61 Å². The molecule has 0 radical (unpaired) electrons. The number of hydrogen-bond donors (Lipinski definition) is 1. The van der Waals surface area contributed by atoms with Crippen molar-refractivity contribution in [3.8, 4) is 11.5 Å². The Morgan fingerprint density at radius 3 is 2.82 bits per heavy atom. The van der Waals surface area contributed by atoms with E-state index in [1.807, 2.05) is 0 Å². The van der Waals surface area contributed by atoms with E-state index in [9.17, 15) is 4.79 Å². The second-order valence-electron chi connectivity index (χ2n) is 3.98. The van der Waals surface area contributed by atoms with Gasteiger partial charge in [0, 0.05) is 29.6 Å². The van der Waals surface area contributed by atoms with Crippen molar-refractivity contribution in [2.45, 2.75) is 0 Å². The summed E-state index contributed by atoms with van der Waals surface area (Å²) in [6, 6.07) is 4.99. The van der Waals surface area contributed by atoms with Crippen LogP contribution in [-0.2, 0) is 4.79 Å². The molecule has 0 unspecified atom stereocenters. The summed E-state index contributed by atoms with van der Waals surface area (Å²) in [4.78, 5) is 14.4. The fraction of sp³-hybridized carbons (Fsp3) is 0.125. The van der Waals surface area contributed by atoms with Crippen molar-refractivity contribution in [1.82, 2.24) is 0 Å². The molecule has 6 heteroatoms. The number of ether oxygens (including phenoxy) is 2. The van der Waals surface area contributed by atoms with Crippen molar-refractivity contribution in [3.05, 3.63) is 59.8 Å². The van der Waals surface area contributed by atoms with Gasteiger partial charge in [-0.15, -0.1) is 0 Å². The summed E-state index contributed by atoms with van der Waals surface area (Å²) >= 11 is 5.88. The van der Waals surface area contributed by atoms with E-state index in [4.69, 9.17) is 26.2 Å². The van der Waals surface area contributed by atoms with Gasteiger partial charge in [-0.2, -0.15) is 0 Å². The Labute approximate surface area is 133 Å². The van der Waals surface area contributed by atoms with Gasteiger partial charge in [-0.3, -0.25) is 4.99 Å². The van der Waals surface area contributed by atoms with Crippen molar-refractivity contribution >= 4 is 23.8 Å². The number of nitrogens with zero attached hydrogens (tertiary/aromatic N) is 1. The van der Waals surface area contributed by atoms with Crippen LogP contribution in [0.1, 0.15) is 0 Å². The highest BCUT2D eigenvalue weighted by atomic mass is 35.5. The minimum absolute atomic E-state index is 0.144. The van der Waals surface area contributed by atoms with Gasteiger partial charge in [0.05, 0.1) is 7.11 Å². The van der Waals surface area contributed by atoms with Crippen LogP contribution in [0.4, 0.5) is 0 Å². The van der Waals surface area contributed by atoms with E-state index in [0.29, 0.717) is 22.1 Å². The molecule has 0 spiro atoms. The molecule has 0 saturated heterocycles. The first-order valence-electron chi connectivity index (χ1n) is 6.27. The van der Waals surface area contributed by atoms with Crippen molar-refractivity contribution in [2.24, 2.45) is 4.99 Å². The zero-order valence-corrected chi connectivity index (χ0v) is 12.8. The maximum Gasteiger partial charge on any atom is 0.328 e. The van der Waals surface area contributed by atoms with Gasteiger partial charge in [0.2, 0.25) is 0 Å². The van der Waals surface area contributed by atoms with E-state index in [1.54, 1.807) is 24.3 Å². The maximum absolute atomic E-state index is 10.6. The molecule has 0 fully saturated rings. The van der Waals surface area contributed by atoms with Gasteiger partial charge < -0.3 is 14.6 Å². The van der Waals surface area contributed by atoms with Crippen LogP contribution >= 0.6 is 11.6 Å². The van der Waals surface area contributed by atoms with Crippen molar-refractivity contribution in [2.75, 3.05) is 13.7 Å². The number of aliphatic imine (C=N–C) groups is 1. The zero-order chi connectivity index (χ0) is 16.4. The molecule has 0 heterocycles. The third-order valence-electron chi connectivity index (χ3n) is 2.44. The number of allylic oxidation sites excluding steroid dienone is 1. The molecule has 0 atom stereocenters. The lowest BCUT2D eigenvalue weighted by molar-refractivity contribution is -0.131. The van der Waals surface area contributed by atoms with Crippen molar-refractivity contribution in [1.29, 1.82) is 0 Å². The average Bonchev–Trinajstić information content (AvgIpc) is 2.50. The molecule has 116 valence electrons. The predicted octanol–water partition coefficient (Wildman–Crippen LogP) is 3.51. The van der Waals surface area contributed by atoms with Crippen LogP contribution in [0.25, 0.3) is 0 Å². The normalized spacial score (nSPS) is 11.8. The first-order chi connectivity index (χ1) is 10.6. The third-order valence-corrected chi connectivity index (χ3v) is 2.68. The molecule has 0 bridgehead atoms. The summed E-state index contributed by atoms with van der Waals surface area (Å²) in [5.74, 6) is -0.0494. The molecule has 1 rings (SSSR count). The van der Waals surface area contributed by atoms with E-state index in [2.05, 4.69) is 11.6 Å². The molecule has 0 aliphatic heterocycles. The van der Waals surface area contributed by atoms with Crippen LogP contribution in [-0.4, -0.2) is 31.0 Å². The fourth-order valence-corrected chi connectivity index (χ4v) is 1.61. The summed E-state index contributed by atoms with van der Waals surface area (Å²) in [5.41, 5.74) is 0.616. The largest absolute Gasteiger partial charge is 0.493 e. The summed E-state index contributed by atoms with van der Waals surface area (Å²) < 4.78 is 10.8. The fourth-order valence-electron chi connectivity index (χ4n) is 1.45. The van der Waals surface area contributed by atoms with E-state index < -0.39 is 5.97 Å².